The van der Waals surface area contributed by atoms with Crippen LogP contribution in [0.2, 0.25) is 0 Å². The number of hydrogen-bond donors (Lipinski definition) is 1. The van der Waals surface area contributed by atoms with Crippen LogP contribution in [-0.2, 0) is 4.79 Å². The summed E-state index contributed by atoms with van der Waals surface area (Å²) in [6, 6.07) is 10.2. The molecule has 0 aliphatic heterocycles. The van der Waals surface area contributed by atoms with Gasteiger partial charge in [-0.2, -0.15) is 0 Å². The summed E-state index contributed by atoms with van der Waals surface area (Å²) in [6.45, 7) is 4.62. The lowest BCUT2D eigenvalue weighted by molar-refractivity contribution is -0.131. The number of aliphatic hydroxyl groups is 1. The van der Waals surface area contributed by atoms with Crippen LogP contribution in [-0.4, -0.2) is 40.9 Å². The van der Waals surface area contributed by atoms with E-state index < -0.39 is 0 Å². The number of aliphatic hydroxyl groups excluding tert-OH is 1. The lowest BCUT2D eigenvalue weighted by atomic mass is 10.1. The van der Waals surface area contributed by atoms with Crippen LogP contribution >= 0.6 is 11.8 Å². The van der Waals surface area contributed by atoms with Crippen molar-refractivity contribution in [3.63, 3.8) is 0 Å². The molecule has 19 heavy (non-hydrogen) atoms. The summed E-state index contributed by atoms with van der Waals surface area (Å²) < 4.78 is 0. The minimum absolute atomic E-state index is 0.0260. The maximum Gasteiger partial charge on any atom is 0.233 e. The van der Waals surface area contributed by atoms with Crippen LogP contribution in [0.5, 0.6) is 0 Å². The fourth-order valence-corrected chi connectivity index (χ4v) is 2.90. The van der Waals surface area contributed by atoms with Gasteiger partial charge in [0, 0.05) is 17.5 Å². The molecule has 0 heterocycles. The fraction of sp³-hybridized carbons (Fsp3) is 0.533. The van der Waals surface area contributed by atoms with E-state index in [4.69, 9.17) is 5.11 Å². The number of thioether (sulfide) groups is 1. The van der Waals surface area contributed by atoms with Crippen LogP contribution in [0.25, 0.3) is 0 Å². The second kappa shape index (κ2) is 8.99. The van der Waals surface area contributed by atoms with Crippen molar-refractivity contribution in [3.8, 4) is 0 Å². The Labute approximate surface area is 120 Å². The molecule has 3 nitrogen and oxygen atoms in total. The molecular formula is C15H23NO2S. The van der Waals surface area contributed by atoms with Crippen LogP contribution in [0.4, 0.5) is 0 Å². The number of nitrogens with zero attached hydrogens (tertiary/aromatic N) is 1. The molecule has 0 fully saturated rings. The van der Waals surface area contributed by atoms with E-state index in [0.717, 1.165) is 17.7 Å². The Balaban J connectivity index is 2.57. The highest BCUT2D eigenvalue weighted by Gasteiger charge is 2.20. The summed E-state index contributed by atoms with van der Waals surface area (Å²) >= 11 is 1.55. The molecule has 1 N–H and O–H groups in total. The summed E-state index contributed by atoms with van der Waals surface area (Å²) in [5.41, 5.74) is 0. The van der Waals surface area contributed by atoms with Crippen molar-refractivity contribution in [2.75, 3.05) is 18.9 Å². The molecule has 0 saturated carbocycles. The minimum Gasteiger partial charge on any atom is -0.395 e. The van der Waals surface area contributed by atoms with E-state index >= 15 is 0 Å². The molecule has 1 rings (SSSR count). The number of hydrogen-bond acceptors (Lipinski definition) is 3. The molecule has 0 atom stereocenters. The van der Waals surface area contributed by atoms with Gasteiger partial charge in [-0.15, -0.1) is 11.8 Å². The summed E-state index contributed by atoms with van der Waals surface area (Å²) in [5, 5.41) is 9.11. The third kappa shape index (κ3) is 5.25. The lowest BCUT2D eigenvalue weighted by Crippen LogP contribution is -2.42. The molecule has 4 heteroatoms. The van der Waals surface area contributed by atoms with Gasteiger partial charge in [0.05, 0.1) is 12.4 Å². The van der Waals surface area contributed by atoms with Crippen molar-refractivity contribution in [1.82, 2.24) is 4.90 Å². The van der Waals surface area contributed by atoms with Gasteiger partial charge in [-0.25, -0.2) is 0 Å². The van der Waals surface area contributed by atoms with Gasteiger partial charge in [-0.05, 0) is 25.0 Å². The first-order valence-electron chi connectivity index (χ1n) is 6.81. The van der Waals surface area contributed by atoms with Gasteiger partial charge in [0.1, 0.15) is 0 Å². The second-order valence-electron chi connectivity index (χ2n) is 4.38. The van der Waals surface area contributed by atoms with Gasteiger partial charge in [0.15, 0.2) is 0 Å². The van der Waals surface area contributed by atoms with Crippen LogP contribution in [0.3, 0.4) is 0 Å². The Morgan fingerprint density at radius 3 is 2.42 bits per heavy atom. The highest BCUT2D eigenvalue weighted by Crippen LogP contribution is 2.19. The van der Waals surface area contributed by atoms with Gasteiger partial charge in [-0.1, -0.05) is 32.0 Å². The van der Waals surface area contributed by atoms with E-state index in [1.807, 2.05) is 35.2 Å². The molecule has 0 bridgehead atoms. The molecule has 0 unspecified atom stereocenters. The average molecular weight is 281 g/mol. The molecular weight excluding hydrogens is 258 g/mol. The highest BCUT2D eigenvalue weighted by atomic mass is 32.2. The zero-order valence-corrected chi connectivity index (χ0v) is 12.5. The van der Waals surface area contributed by atoms with Crippen LogP contribution in [0.15, 0.2) is 35.2 Å². The Kier molecular flexibility index (Phi) is 7.60. The van der Waals surface area contributed by atoms with E-state index in [1.54, 1.807) is 11.8 Å². The van der Waals surface area contributed by atoms with Crippen LogP contribution < -0.4 is 0 Å². The van der Waals surface area contributed by atoms with E-state index in [9.17, 15) is 4.79 Å². The minimum atomic E-state index is 0.0260. The average Bonchev–Trinajstić information content (AvgIpc) is 2.46. The Hall–Kier alpha value is -1.00. The fourth-order valence-electron chi connectivity index (χ4n) is 2.09. The normalized spacial score (nSPS) is 10.7. The first-order valence-corrected chi connectivity index (χ1v) is 7.79. The summed E-state index contributed by atoms with van der Waals surface area (Å²) in [6.07, 6.45) is 1.86. The van der Waals surface area contributed by atoms with Gasteiger partial charge >= 0.3 is 0 Å². The van der Waals surface area contributed by atoms with Crippen molar-refractivity contribution in [2.45, 2.75) is 37.6 Å². The van der Waals surface area contributed by atoms with Gasteiger partial charge in [-0.3, -0.25) is 4.79 Å². The van der Waals surface area contributed by atoms with Crippen molar-refractivity contribution in [2.24, 2.45) is 0 Å². The maximum atomic E-state index is 12.3. The molecule has 1 amide bonds. The first kappa shape index (κ1) is 16.1. The monoisotopic (exact) mass is 281 g/mol. The molecule has 0 aliphatic carbocycles. The van der Waals surface area contributed by atoms with E-state index in [2.05, 4.69) is 13.8 Å². The highest BCUT2D eigenvalue weighted by molar-refractivity contribution is 8.00. The first-order chi connectivity index (χ1) is 9.22. The van der Waals surface area contributed by atoms with Crippen molar-refractivity contribution in [1.29, 1.82) is 0 Å². The number of amides is 1. The van der Waals surface area contributed by atoms with Crippen LogP contribution in [0, 0.1) is 0 Å². The quantitative estimate of drug-likeness (QED) is 0.745. The maximum absolute atomic E-state index is 12.3. The molecule has 1 aromatic rings. The number of benzene rings is 1. The molecule has 0 aromatic heterocycles. The smallest absolute Gasteiger partial charge is 0.233 e. The number of carbonyl (C=O) groups is 1. The third-order valence-electron chi connectivity index (χ3n) is 3.15. The Bertz CT molecular complexity index is 366. The molecule has 1 aromatic carbocycles. The number of rotatable bonds is 8. The van der Waals surface area contributed by atoms with Gasteiger partial charge in [0.2, 0.25) is 5.91 Å². The predicted octanol–water partition coefficient (Wildman–Crippen LogP) is 2.79. The zero-order chi connectivity index (χ0) is 14.1. The molecule has 0 radical (unpaired) electrons. The zero-order valence-electron chi connectivity index (χ0n) is 11.7. The van der Waals surface area contributed by atoms with E-state index in [-0.39, 0.29) is 18.6 Å². The van der Waals surface area contributed by atoms with Gasteiger partial charge < -0.3 is 10.0 Å². The summed E-state index contributed by atoms with van der Waals surface area (Å²) in [5.74, 6) is 0.539. The second-order valence-corrected chi connectivity index (χ2v) is 5.43. The van der Waals surface area contributed by atoms with Crippen molar-refractivity contribution in [3.05, 3.63) is 30.3 Å². The standard InChI is InChI=1S/C15H23NO2S/c1-3-13(4-2)16(10-11-17)15(18)12-19-14-8-6-5-7-9-14/h5-9,13,17H,3-4,10-12H2,1-2H3. The lowest BCUT2D eigenvalue weighted by Gasteiger charge is -2.30. The third-order valence-corrected chi connectivity index (χ3v) is 4.15. The molecule has 0 aliphatic rings. The van der Waals surface area contributed by atoms with E-state index in [0.29, 0.717) is 12.3 Å². The largest absolute Gasteiger partial charge is 0.395 e. The van der Waals surface area contributed by atoms with Gasteiger partial charge in [0.25, 0.3) is 0 Å². The summed E-state index contributed by atoms with van der Waals surface area (Å²) in [7, 11) is 0. The molecule has 0 saturated heterocycles. The Morgan fingerprint density at radius 1 is 1.26 bits per heavy atom. The van der Waals surface area contributed by atoms with Crippen LogP contribution in [0.1, 0.15) is 26.7 Å². The molecule has 0 spiro atoms. The molecule has 106 valence electrons. The number of carbonyl (C=O) groups excluding carboxylic acids is 1. The van der Waals surface area contributed by atoms with Crippen molar-refractivity contribution < 1.29 is 9.90 Å². The Morgan fingerprint density at radius 2 is 1.89 bits per heavy atom. The predicted molar refractivity (Wildman–Crippen MR) is 80.3 cm³/mol. The van der Waals surface area contributed by atoms with Crippen molar-refractivity contribution >= 4 is 17.7 Å². The summed E-state index contributed by atoms with van der Waals surface area (Å²) in [4.78, 5) is 15.2. The topological polar surface area (TPSA) is 40.5 Å². The van der Waals surface area contributed by atoms with E-state index in [1.165, 1.54) is 0 Å². The SMILES string of the molecule is CCC(CC)N(CCO)C(=O)CSc1ccccc1.